The number of hydrogen-bond donors (Lipinski definition) is 0. The Morgan fingerprint density at radius 1 is 1.03 bits per heavy atom. The first-order chi connectivity index (χ1) is 15.5. The molecule has 6 nitrogen and oxygen atoms in total. The first kappa shape index (κ1) is 20.1. The maximum Gasteiger partial charge on any atom is 0.296 e. The lowest BCUT2D eigenvalue weighted by Crippen LogP contribution is -2.31. The summed E-state index contributed by atoms with van der Waals surface area (Å²) < 4.78 is 6.81. The zero-order valence-corrected chi connectivity index (χ0v) is 18.3. The minimum atomic E-state index is -0.439. The topological polar surface area (TPSA) is 76.3 Å². The SMILES string of the molecule is Cc1cc2nc(N(Cc3ccccn3)C(=O)c3cc(=O)c4ccccc4o3)sc2cc1C. The third kappa shape index (κ3) is 3.67. The van der Waals surface area contributed by atoms with Gasteiger partial charge in [0.15, 0.2) is 16.3 Å². The van der Waals surface area contributed by atoms with Gasteiger partial charge >= 0.3 is 0 Å². The van der Waals surface area contributed by atoms with E-state index < -0.39 is 5.91 Å². The van der Waals surface area contributed by atoms with Crippen molar-refractivity contribution in [1.29, 1.82) is 0 Å². The van der Waals surface area contributed by atoms with E-state index in [0.29, 0.717) is 21.8 Å². The van der Waals surface area contributed by atoms with Gasteiger partial charge in [-0.15, -0.1) is 0 Å². The predicted molar refractivity (Wildman–Crippen MR) is 126 cm³/mol. The van der Waals surface area contributed by atoms with E-state index in [9.17, 15) is 9.59 Å². The molecule has 0 fully saturated rings. The van der Waals surface area contributed by atoms with Crippen LogP contribution in [-0.2, 0) is 6.54 Å². The molecule has 5 rings (SSSR count). The lowest BCUT2D eigenvalue weighted by molar-refractivity contribution is 0.0958. The van der Waals surface area contributed by atoms with E-state index in [-0.39, 0.29) is 17.7 Å². The normalized spacial score (nSPS) is 11.2. The van der Waals surface area contributed by atoms with Crippen molar-refractivity contribution < 1.29 is 9.21 Å². The second-order valence-corrected chi connectivity index (χ2v) is 8.59. The lowest BCUT2D eigenvalue weighted by Gasteiger charge is -2.19. The highest BCUT2D eigenvalue weighted by molar-refractivity contribution is 7.22. The van der Waals surface area contributed by atoms with Gasteiger partial charge in [-0.2, -0.15) is 0 Å². The Labute approximate surface area is 187 Å². The molecule has 3 aromatic heterocycles. The number of amides is 1. The second kappa shape index (κ2) is 8.01. The number of aryl methyl sites for hydroxylation is 2. The van der Waals surface area contributed by atoms with Gasteiger partial charge in [0.05, 0.1) is 27.8 Å². The molecule has 0 saturated carbocycles. The van der Waals surface area contributed by atoms with Crippen LogP contribution in [0.25, 0.3) is 21.2 Å². The number of nitrogens with zero attached hydrogens (tertiary/aromatic N) is 3. The Balaban J connectivity index is 1.63. The summed E-state index contributed by atoms with van der Waals surface area (Å²) in [5, 5.41) is 0.961. The van der Waals surface area contributed by atoms with Crippen LogP contribution in [0.15, 0.2) is 76.1 Å². The molecule has 0 atom stereocenters. The van der Waals surface area contributed by atoms with E-state index in [1.54, 1.807) is 30.5 Å². The zero-order valence-electron chi connectivity index (χ0n) is 17.5. The molecule has 0 spiro atoms. The number of rotatable bonds is 4. The van der Waals surface area contributed by atoms with Crippen molar-refractivity contribution in [3.05, 3.63) is 99.7 Å². The van der Waals surface area contributed by atoms with E-state index in [1.807, 2.05) is 31.2 Å². The van der Waals surface area contributed by atoms with E-state index >= 15 is 0 Å². The molecule has 3 heterocycles. The fourth-order valence-electron chi connectivity index (χ4n) is 3.51. The zero-order chi connectivity index (χ0) is 22.2. The number of anilines is 1. The molecule has 0 bridgehead atoms. The Morgan fingerprint density at radius 3 is 2.62 bits per heavy atom. The molecule has 2 aromatic carbocycles. The molecule has 158 valence electrons. The first-order valence-electron chi connectivity index (χ1n) is 10.1. The molecular formula is C25H19N3O3S. The van der Waals surface area contributed by atoms with Gasteiger partial charge < -0.3 is 4.42 Å². The molecule has 0 aliphatic rings. The van der Waals surface area contributed by atoms with Crippen molar-refractivity contribution in [2.45, 2.75) is 20.4 Å². The van der Waals surface area contributed by atoms with Gasteiger partial charge in [-0.1, -0.05) is 29.5 Å². The van der Waals surface area contributed by atoms with Gasteiger partial charge in [0, 0.05) is 12.3 Å². The number of hydrogen-bond acceptors (Lipinski definition) is 6. The van der Waals surface area contributed by atoms with E-state index in [4.69, 9.17) is 9.40 Å². The third-order valence-corrected chi connectivity index (χ3v) is 6.40. The number of para-hydroxylation sites is 1. The molecule has 5 aromatic rings. The monoisotopic (exact) mass is 441 g/mol. The van der Waals surface area contributed by atoms with Crippen LogP contribution in [0, 0.1) is 13.8 Å². The van der Waals surface area contributed by atoms with Crippen molar-refractivity contribution in [1.82, 2.24) is 9.97 Å². The van der Waals surface area contributed by atoms with Gasteiger partial charge in [-0.3, -0.25) is 19.5 Å². The average Bonchev–Trinajstić information content (AvgIpc) is 3.20. The summed E-state index contributed by atoms with van der Waals surface area (Å²) in [6.07, 6.45) is 1.68. The molecule has 0 saturated heterocycles. The van der Waals surface area contributed by atoms with Crippen LogP contribution < -0.4 is 10.3 Å². The van der Waals surface area contributed by atoms with Crippen LogP contribution in [0.1, 0.15) is 27.4 Å². The largest absolute Gasteiger partial charge is 0.451 e. The minimum absolute atomic E-state index is 0.0313. The molecular weight excluding hydrogens is 422 g/mol. The van der Waals surface area contributed by atoms with Gasteiger partial charge in [0.25, 0.3) is 5.91 Å². The second-order valence-electron chi connectivity index (χ2n) is 7.58. The fraction of sp³-hybridized carbons (Fsp3) is 0.120. The Hall–Kier alpha value is -3.84. The molecule has 0 unspecified atom stereocenters. The van der Waals surface area contributed by atoms with Gasteiger partial charge in [-0.25, -0.2) is 4.98 Å². The highest BCUT2D eigenvalue weighted by Crippen LogP contribution is 2.32. The van der Waals surface area contributed by atoms with Crippen molar-refractivity contribution in [2.24, 2.45) is 0 Å². The fourth-order valence-corrected chi connectivity index (χ4v) is 4.55. The predicted octanol–water partition coefficient (Wildman–Crippen LogP) is 5.26. The Bertz CT molecular complexity index is 1480. The third-order valence-electron chi connectivity index (χ3n) is 5.36. The maximum atomic E-state index is 13.6. The van der Waals surface area contributed by atoms with Gasteiger partial charge in [-0.05, 0) is 61.4 Å². The van der Waals surface area contributed by atoms with Crippen LogP contribution in [0.2, 0.25) is 0 Å². The summed E-state index contributed by atoms with van der Waals surface area (Å²) in [7, 11) is 0. The van der Waals surface area contributed by atoms with Gasteiger partial charge in [0.1, 0.15) is 5.58 Å². The molecule has 0 aliphatic carbocycles. The summed E-state index contributed by atoms with van der Waals surface area (Å²) in [5.74, 6) is -0.470. The van der Waals surface area contributed by atoms with Crippen LogP contribution >= 0.6 is 11.3 Å². The number of carbonyl (C=O) groups is 1. The molecule has 0 radical (unpaired) electrons. The number of carbonyl (C=O) groups excluding carboxylic acids is 1. The van der Waals surface area contributed by atoms with Crippen molar-refractivity contribution in [2.75, 3.05) is 4.90 Å². The number of pyridine rings is 1. The lowest BCUT2D eigenvalue weighted by atomic mass is 10.1. The van der Waals surface area contributed by atoms with Crippen LogP contribution in [0.4, 0.5) is 5.13 Å². The highest BCUT2D eigenvalue weighted by Gasteiger charge is 2.25. The standard InChI is InChI=1S/C25H19N3O3S/c1-15-11-19-23(12-16(15)2)32-25(27-19)28(14-17-7-5-6-10-26-17)24(30)22-13-20(29)18-8-3-4-9-21(18)31-22/h3-13H,14H2,1-2H3. The first-order valence-corrected chi connectivity index (χ1v) is 10.9. The van der Waals surface area contributed by atoms with Crippen LogP contribution in [0.5, 0.6) is 0 Å². The van der Waals surface area contributed by atoms with Crippen molar-refractivity contribution >= 4 is 43.6 Å². The number of benzene rings is 2. The maximum absolute atomic E-state index is 13.6. The minimum Gasteiger partial charge on any atom is -0.451 e. The molecule has 0 aliphatic heterocycles. The summed E-state index contributed by atoms with van der Waals surface area (Å²) in [6, 6.07) is 17.8. The summed E-state index contributed by atoms with van der Waals surface area (Å²) in [6.45, 7) is 4.29. The summed E-state index contributed by atoms with van der Waals surface area (Å²) in [5.41, 5.74) is 3.94. The quantitative estimate of drug-likeness (QED) is 0.380. The molecule has 7 heteroatoms. The average molecular weight is 442 g/mol. The summed E-state index contributed by atoms with van der Waals surface area (Å²) in [4.78, 5) is 36.8. The molecule has 1 amide bonds. The molecule has 0 N–H and O–H groups in total. The molecule has 32 heavy (non-hydrogen) atoms. The number of aromatic nitrogens is 2. The van der Waals surface area contributed by atoms with E-state index in [0.717, 1.165) is 21.3 Å². The Morgan fingerprint density at radius 2 is 1.81 bits per heavy atom. The van der Waals surface area contributed by atoms with Crippen LogP contribution in [0.3, 0.4) is 0 Å². The smallest absolute Gasteiger partial charge is 0.296 e. The number of fused-ring (bicyclic) bond motifs is 2. The van der Waals surface area contributed by atoms with Crippen LogP contribution in [-0.4, -0.2) is 15.9 Å². The summed E-state index contributed by atoms with van der Waals surface area (Å²) >= 11 is 1.42. The Kier molecular flexibility index (Phi) is 5.03. The van der Waals surface area contributed by atoms with E-state index in [1.165, 1.54) is 22.3 Å². The highest BCUT2D eigenvalue weighted by atomic mass is 32.1. The van der Waals surface area contributed by atoms with Crippen molar-refractivity contribution in [3.8, 4) is 0 Å². The number of thiazole rings is 1. The van der Waals surface area contributed by atoms with E-state index in [2.05, 4.69) is 18.0 Å². The van der Waals surface area contributed by atoms with Crippen molar-refractivity contribution in [3.63, 3.8) is 0 Å². The van der Waals surface area contributed by atoms with Gasteiger partial charge in [0.2, 0.25) is 0 Å².